The van der Waals surface area contributed by atoms with Crippen molar-refractivity contribution in [3.8, 4) is 0 Å². The predicted molar refractivity (Wildman–Crippen MR) is 103 cm³/mol. The number of para-hydroxylation sites is 1. The summed E-state index contributed by atoms with van der Waals surface area (Å²) in [6.45, 7) is 9.08. The van der Waals surface area contributed by atoms with Gasteiger partial charge in [0, 0.05) is 24.5 Å². The molecular weight excluding hydrogens is 296 g/mol. The first-order chi connectivity index (χ1) is 11.8. The average molecular weight is 322 g/mol. The Bertz CT molecular complexity index is 694. The van der Waals surface area contributed by atoms with Gasteiger partial charge in [-0.2, -0.15) is 4.98 Å². The molecule has 1 aromatic heterocycles. The zero-order chi connectivity index (χ0) is 16.8. The van der Waals surface area contributed by atoms with Crippen LogP contribution in [0.4, 0.5) is 11.8 Å². The number of fused-ring (bicyclic) bond motifs is 1. The van der Waals surface area contributed by atoms with Gasteiger partial charge < -0.3 is 10.2 Å². The van der Waals surface area contributed by atoms with E-state index in [1.54, 1.807) is 0 Å². The van der Waals surface area contributed by atoms with Crippen molar-refractivity contribution >= 4 is 22.7 Å². The Labute approximate surface area is 144 Å². The Morgan fingerprint density at radius 2 is 1.75 bits per heavy atom. The molecule has 0 aliphatic heterocycles. The second-order valence-electron chi connectivity index (χ2n) is 6.35. The molecule has 1 aliphatic rings. The van der Waals surface area contributed by atoms with Gasteiger partial charge in [-0.25, -0.2) is 4.98 Å². The summed E-state index contributed by atoms with van der Waals surface area (Å²) in [4.78, 5) is 11.7. The second-order valence-corrected chi connectivity index (χ2v) is 6.35. The van der Waals surface area contributed by atoms with E-state index in [1.807, 2.05) is 30.4 Å². The van der Waals surface area contributed by atoms with Crippen LogP contribution in [0.25, 0.3) is 10.9 Å². The van der Waals surface area contributed by atoms with Crippen LogP contribution >= 0.6 is 0 Å². The molecule has 3 rings (SSSR count). The van der Waals surface area contributed by atoms with Crippen molar-refractivity contribution in [2.75, 3.05) is 23.3 Å². The molecule has 0 spiro atoms. The van der Waals surface area contributed by atoms with E-state index in [4.69, 9.17) is 9.97 Å². The largest absolute Gasteiger partial charge is 0.367 e. The average Bonchev–Trinajstić information content (AvgIpc) is 2.62. The van der Waals surface area contributed by atoms with Gasteiger partial charge in [-0.05, 0) is 25.0 Å². The molecule has 4 heteroatoms. The van der Waals surface area contributed by atoms with E-state index in [0.717, 1.165) is 22.7 Å². The fourth-order valence-corrected chi connectivity index (χ4v) is 3.31. The van der Waals surface area contributed by atoms with Gasteiger partial charge >= 0.3 is 0 Å². The van der Waals surface area contributed by atoms with Crippen LogP contribution in [0.5, 0.6) is 0 Å². The number of nitrogens with zero attached hydrogens (tertiary/aromatic N) is 3. The molecule has 1 fully saturated rings. The van der Waals surface area contributed by atoms with Gasteiger partial charge in [0.15, 0.2) is 0 Å². The molecular formula is C20H26N4. The Morgan fingerprint density at radius 1 is 1.04 bits per heavy atom. The topological polar surface area (TPSA) is 41.1 Å². The van der Waals surface area contributed by atoms with Gasteiger partial charge in [0.25, 0.3) is 0 Å². The first-order valence-electron chi connectivity index (χ1n) is 8.82. The molecule has 1 aliphatic carbocycles. The summed E-state index contributed by atoms with van der Waals surface area (Å²) in [5, 5.41) is 4.76. The minimum Gasteiger partial charge on any atom is -0.367 e. The number of benzene rings is 1. The third-order valence-corrected chi connectivity index (χ3v) is 4.52. The molecule has 4 nitrogen and oxygen atoms in total. The minimum atomic E-state index is 0.511. The van der Waals surface area contributed by atoms with Gasteiger partial charge in [0.05, 0.1) is 5.52 Å². The molecule has 126 valence electrons. The van der Waals surface area contributed by atoms with E-state index >= 15 is 0 Å². The SMILES string of the molecule is C=CCN(CC=C)c1nc(NC2CCCCC2)c2ccccc2n1. The van der Waals surface area contributed by atoms with Crippen molar-refractivity contribution in [2.45, 2.75) is 38.1 Å². The van der Waals surface area contributed by atoms with E-state index in [1.165, 1.54) is 32.1 Å². The summed E-state index contributed by atoms with van der Waals surface area (Å²) < 4.78 is 0. The first kappa shape index (κ1) is 16.5. The highest BCUT2D eigenvalue weighted by molar-refractivity contribution is 5.90. The van der Waals surface area contributed by atoms with E-state index in [-0.39, 0.29) is 0 Å². The molecule has 1 aromatic carbocycles. The lowest BCUT2D eigenvalue weighted by atomic mass is 9.95. The van der Waals surface area contributed by atoms with Crippen molar-refractivity contribution in [1.29, 1.82) is 0 Å². The summed E-state index contributed by atoms with van der Waals surface area (Å²) in [5.74, 6) is 1.67. The number of hydrogen-bond acceptors (Lipinski definition) is 4. The third kappa shape index (κ3) is 3.75. The smallest absolute Gasteiger partial charge is 0.228 e. The maximum atomic E-state index is 4.84. The summed E-state index contributed by atoms with van der Waals surface area (Å²) in [6.07, 6.45) is 10.1. The molecule has 0 unspecified atom stereocenters. The van der Waals surface area contributed by atoms with E-state index in [2.05, 4.69) is 29.4 Å². The minimum absolute atomic E-state index is 0.511. The van der Waals surface area contributed by atoms with Crippen LogP contribution in [0.2, 0.25) is 0 Å². The maximum absolute atomic E-state index is 4.84. The number of hydrogen-bond donors (Lipinski definition) is 1. The Kier molecular flexibility index (Phi) is 5.47. The Hall–Kier alpha value is -2.36. The summed E-state index contributed by atoms with van der Waals surface area (Å²) >= 11 is 0. The van der Waals surface area contributed by atoms with Crippen molar-refractivity contribution in [3.05, 3.63) is 49.6 Å². The van der Waals surface area contributed by atoms with Crippen LogP contribution in [-0.2, 0) is 0 Å². The van der Waals surface area contributed by atoms with Gasteiger partial charge in [0.1, 0.15) is 5.82 Å². The monoisotopic (exact) mass is 322 g/mol. The molecule has 0 bridgehead atoms. The molecule has 0 saturated heterocycles. The fourth-order valence-electron chi connectivity index (χ4n) is 3.31. The summed E-state index contributed by atoms with van der Waals surface area (Å²) in [6, 6.07) is 8.72. The molecule has 1 saturated carbocycles. The molecule has 0 amide bonds. The lowest BCUT2D eigenvalue weighted by Gasteiger charge is -2.25. The molecule has 1 heterocycles. The van der Waals surface area contributed by atoms with Crippen LogP contribution in [0.3, 0.4) is 0 Å². The van der Waals surface area contributed by atoms with Gasteiger partial charge in [0.2, 0.25) is 5.95 Å². The third-order valence-electron chi connectivity index (χ3n) is 4.52. The van der Waals surface area contributed by atoms with Gasteiger partial charge in [-0.3, -0.25) is 0 Å². The van der Waals surface area contributed by atoms with Crippen molar-refractivity contribution in [3.63, 3.8) is 0 Å². The Morgan fingerprint density at radius 3 is 2.46 bits per heavy atom. The number of aromatic nitrogens is 2. The number of anilines is 2. The zero-order valence-electron chi connectivity index (χ0n) is 14.2. The van der Waals surface area contributed by atoms with E-state index < -0.39 is 0 Å². The van der Waals surface area contributed by atoms with E-state index in [9.17, 15) is 0 Å². The molecule has 24 heavy (non-hydrogen) atoms. The lowest BCUT2D eigenvalue weighted by Crippen LogP contribution is -2.27. The van der Waals surface area contributed by atoms with Crippen LogP contribution in [-0.4, -0.2) is 29.1 Å². The van der Waals surface area contributed by atoms with Crippen LogP contribution in [0, 0.1) is 0 Å². The van der Waals surface area contributed by atoms with Crippen LogP contribution < -0.4 is 10.2 Å². The first-order valence-corrected chi connectivity index (χ1v) is 8.82. The highest BCUT2D eigenvalue weighted by Gasteiger charge is 2.17. The van der Waals surface area contributed by atoms with E-state index in [0.29, 0.717) is 19.1 Å². The Balaban J connectivity index is 1.98. The molecule has 0 atom stereocenters. The highest BCUT2D eigenvalue weighted by Crippen LogP contribution is 2.27. The van der Waals surface area contributed by atoms with Crippen LogP contribution in [0.1, 0.15) is 32.1 Å². The van der Waals surface area contributed by atoms with Gasteiger partial charge in [-0.1, -0.05) is 43.5 Å². The van der Waals surface area contributed by atoms with Crippen LogP contribution in [0.15, 0.2) is 49.6 Å². The van der Waals surface area contributed by atoms with Gasteiger partial charge in [-0.15, -0.1) is 13.2 Å². The molecule has 2 aromatic rings. The normalized spacial score (nSPS) is 15.2. The molecule has 0 radical (unpaired) electrons. The second kappa shape index (κ2) is 7.95. The van der Waals surface area contributed by atoms with Crippen molar-refractivity contribution in [1.82, 2.24) is 9.97 Å². The van der Waals surface area contributed by atoms with Crippen molar-refractivity contribution in [2.24, 2.45) is 0 Å². The highest BCUT2D eigenvalue weighted by atomic mass is 15.3. The standard InChI is InChI=1S/C20H26N4/c1-3-14-24(15-4-2)20-22-18-13-9-8-12-17(18)19(23-20)21-16-10-6-5-7-11-16/h3-4,8-9,12-13,16H,1-2,5-7,10-11,14-15H2,(H,21,22,23). The zero-order valence-corrected chi connectivity index (χ0v) is 14.2. The maximum Gasteiger partial charge on any atom is 0.228 e. The number of rotatable bonds is 7. The lowest BCUT2D eigenvalue weighted by molar-refractivity contribution is 0.462. The predicted octanol–water partition coefficient (Wildman–Crippen LogP) is 4.55. The number of nitrogens with one attached hydrogen (secondary N) is 1. The van der Waals surface area contributed by atoms with Crippen molar-refractivity contribution < 1.29 is 0 Å². The quantitative estimate of drug-likeness (QED) is 0.759. The summed E-state index contributed by atoms with van der Waals surface area (Å²) in [5.41, 5.74) is 0.971. The fraction of sp³-hybridized carbons (Fsp3) is 0.400. The summed E-state index contributed by atoms with van der Waals surface area (Å²) in [7, 11) is 0. The molecule has 1 N–H and O–H groups in total.